The van der Waals surface area contributed by atoms with Crippen molar-refractivity contribution >= 4 is 52.6 Å². The van der Waals surface area contributed by atoms with Crippen molar-refractivity contribution in [2.75, 3.05) is 19.6 Å². The minimum absolute atomic E-state index is 0. The maximum atomic E-state index is 10.6. The molecule has 0 aromatic carbocycles. The Kier molecular flexibility index (Phi) is 9.91. The van der Waals surface area contributed by atoms with Crippen molar-refractivity contribution in [1.29, 1.82) is 0 Å². The molecule has 0 aliphatic heterocycles. The van der Waals surface area contributed by atoms with Gasteiger partial charge in [0.15, 0.2) is 5.96 Å². The van der Waals surface area contributed by atoms with E-state index in [0.29, 0.717) is 6.54 Å². The summed E-state index contributed by atoms with van der Waals surface area (Å²) < 4.78 is 0. The van der Waals surface area contributed by atoms with Crippen LogP contribution < -0.4 is 10.6 Å². The van der Waals surface area contributed by atoms with E-state index in [4.69, 9.17) is 0 Å². The molecule has 0 bridgehead atoms. The summed E-state index contributed by atoms with van der Waals surface area (Å²) in [5.41, 5.74) is -0.0461. The second-order valence-electron chi connectivity index (χ2n) is 5.73. The smallest absolute Gasteiger partial charge is 0.191 e. The van der Waals surface area contributed by atoms with Gasteiger partial charge in [0.1, 0.15) is 5.60 Å². The molecule has 2 aromatic heterocycles. The molecule has 0 saturated heterocycles. The van der Waals surface area contributed by atoms with Crippen LogP contribution in [0.3, 0.4) is 0 Å². The fourth-order valence-electron chi connectivity index (χ4n) is 2.15. The van der Waals surface area contributed by atoms with Gasteiger partial charge in [-0.1, -0.05) is 6.92 Å². The Morgan fingerprint density at radius 3 is 2.76 bits per heavy atom. The lowest BCUT2D eigenvalue weighted by Crippen LogP contribution is -2.39. The molecule has 1 atom stereocenters. The van der Waals surface area contributed by atoms with E-state index >= 15 is 0 Å². The van der Waals surface area contributed by atoms with Gasteiger partial charge in [0, 0.05) is 30.6 Å². The molecule has 0 amide bonds. The molecule has 0 saturated carbocycles. The third-order valence-electron chi connectivity index (χ3n) is 3.61. The highest BCUT2D eigenvalue weighted by atomic mass is 127. The molecule has 0 aliphatic rings. The number of thiazole rings is 1. The van der Waals surface area contributed by atoms with Gasteiger partial charge in [0.2, 0.25) is 0 Å². The van der Waals surface area contributed by atoms with Crippen LogP contribution in [-0.4, -0.2) is 35.7 Å². The molecule has 5 nitrogen and oxygen atoms in total. The van der Waals surface area contributed by atoms with Gasteiger partial charge in [-0.15, -0.1) is 35.3 Å². The Hall–Kier alpha value is -0.710. The molecule has 2 aromatic rings. The molecule has 140 valence electrons. The number of guanidine groups is 1. The number of thiophene rings is 1. The number of nitrogens with zero attached hydrogens (tertiary/aromatic N) is 2. The topological polar surface area (TPSA) is 69.5 Å². The van der Waals surface area contributed by atoms with E-state index in [1.807, 2.05) is 29.9 Å². The van der Waals surface area contributed by atoms with Crippen LogP contribution in [0.1, 0.15) is 36.2 Å². The summed E-state index contributed by atoms with van der Waals surface area (Å²) in [6.07, 6.45) is 3.86. The largest absolute Gasteiger partial charge is 0.383 e. The quantitative estimate of drug-likeness (QED) is 0.299. The van der Waals surface area contributed by atoms with Crippen molar-refractivity contribution in [3.63, 3.8) is 0 Å². The molecule has 8 heteroatoms. The molecule has 0 spiro atoms. The second kappa shape index (κ2) is 11.1. The van der Waals surface area contributed by atoms with Crippen molar-refractivity contribution in [2.24, 2.45) is 4.99 Å². The number of hydrogen-bond acceptors (Lipinski definition) is 5. The van der Waals surface area contributed by atoms with Crippen LogP contribution in [0, 0.1) is 0 Å². The molecule has 3 N–H and O–H groups in total. The third-order valence-corrected chi connectivity index (χ3v) is 5.50. The Bertz CT molecular complexity index is 641. The summed E-state index contributed by atoms with van der Waals surface area (Å²) >= 11 is 3.34. The van der Waals surface area contributed by atoms with Gasteiger partial charge < -0.3 is 15.7 Å². The number of aliphatic imine (C=N–C) groups is 1. The Balaban J connectivity index is 0.00000312. The second-order valence-corrected chi connectivity index (χ2v) is 7.71. The van der Waals surface area contributed by atoms with E-state index in [1.165, 1.54) is 4.88 Å². The third kappa shape index (κ3) is 7.20. The highest BCUT2D eigenvalue weighted by Gasteiger charge is 2.23. The standard InChI is InChI=1S/C17H26N4OS2.HI/c1-4-14-10-20-15(24-14)6-8-19-16(18-5-2)21-12-17(3,22)13-7-9-23-11-13;/h7,9-11,22H,4-6,8,12H2,1-3H3,(H2,18,19,21);1H. The Labute approximate surface area is 175 Å². The predicted molar refractivity (Wildman–Crippen MR) is 118 cm³/mol. The lowest BCUT2D eigenvalue weighted by molar-refractivity contribution is 0.0677. The van der Waals surface area contributed by atoms with Crippen LogP contribution in [0.2, 0.25) is 0 Å². The van der Waals surface area contributed by atoms with Crippen LogP contribution in [0.5, 0.6) is 0 Å². The Morgan fingerprint density at radius 2 is 2.16 bits per heavy atom. The first-order valence-electron chi connectivity index (χ1n) is 8.26. The molecular weight excluding hydrogens is 467 g/mol. The van der Waals surface area contributed by atoms with Crippen molar-refractivity contribution in [3.8, 4) is 0 Å². The number of aryl methyl sites for hydroxylation is 1. The van der Waals surface area contributed by atoms with Gasteiger partial charge in [-0.05, 0) is 42.7 Å². The highest BCUT2D eigenvalue weighted by molar-refractivity contribution is 14.0. The molecule has 2 heterocycles. The minimum Gasteiger partial charge on any atom is -0.383 e. The number of aliphatic hydroxyl groups is 1. The van der Waals surface area contributed by atoms with Gasteiger partial charge in [-0.3, -0.25) is 0 Å². The molecule has 0 fully saturated rings. The van der Waals surface area contributed by atoms with E-state index in [2.05, 4.69) is 27.5 Å². The van der Waals surface area contributed by atoms with Gasteiger partial charge in [-0.2, -0.15) is 11.3 Å². The first kappa shape index (κ1) is 22.3. The van der Waals surface area contributed by atoms with Crippen LogP contribution >= 0.6 is 46.7 Å². The van der Waals surface area contributed by atoms with E-state index in [1.54, 1.807) is 29.6 Å². The van der Waals surface area contributed by atoms with Crippen LogP contribution in [0.25, 0.3) is 0 Å². The summed E-state index contributed by atoms with van der Waals surface area (Å²) in [6, 6.07) is 1.94. The summed E-state index contributed by atoms with van der Waals surface area (Å²) in [6.45, 7) is 7.83. The maximum absolute atomic E-state index is 10.6. The molecular formula is C17H27IN4OS2. The van der Waals surface area contributed by atoms with Gasteiger partial charge >= 0.3 is 0 Å². The fraction of sp³-hybridized carbons (Fsp3) is 0.529. The lowest BCUT2D eigenvalue weighted by Gasteiger charge is -2.21. The highest BCUT2D eigenvalue weighted by Crippen LogP contribution is 2.23. The van der Waals surface area contributed by atoms with Crippen molar-refractivity contribution in [2.45, 2.75) is 39.2 Å². The SMILES string of the molecule is CCNC(=NCC(C)(O)c1ccsc1)NCCc1ncc(CC)s1.I. The monoisotopic (exact) mass is 494 g/mol. The van der Waals surface area contributed by atoms with Gasteiger partial charge in [0.25, 0.3) is 0 Å². The number of nitrogens with one attached hydrogen (secondary N) is 2. The average Bonchev–Trinajstić information content (AvgIpc) is 3.24. The molecule has 1 unspecified atom stereocenters. The van der Waals surface area contributed by atoms with Crippen molar-refractivity contribution in [3.05, 3.63) is 38.5 Å². The van der Waals surface area contributed by atoms with E-state index < -0.39 is 5.60 Å². The van der Waals surface area contributed by atoms with Crippen LogP contribution in [-0.2, 0) is 18.4 Å². The first-order valence-corrected chi connectivity index (χ1v) is 10.0. The number of hydrogen-bond donors (Lipinski definition) is 3. The first-order chi connectivity index (χ1) is 11.5. The summed E-state index contributed by atoms with van der Waals surface area (Å²) in [4.78, 5) is 10.3. The molecule has 0 radical (unpaired) electrons. The fourth-order valence-corrected chi connectivity index (χ4v) is 3.80. The molecule has 0 aliphatic carbocycles. The zero-order valence-corrected chi connectivity index (χ0v) is 18.9. The van der Waals surface area contributed by atoms with E-state index in [0.717, 1.165) is 42.5 Å². The van der Waals surface area contributed by atoms with Crippen molar-refractivity contribution < 1.29 is 5.11 Å². The summed E-state index contributed by atoms with van der Waals surface area (Å²) in [5.74, 6) is 0.722. The van der Waals surface area contributed by atoms with Crippen LogP contribution in [0.15, 0.2) is 28.0 Å². The zero-order valence-electron chi connectivity index (χ0n) is 14.9. The van der Waals surface area contributed by atoms with Gasteiger partial charge in [0.05, 0.1) is 11.6 Å². The maximum Gasteiger partial charge on any atom is 0.191 e. The van der Waals surface area contributed by atoms with E-state index in [-0.39, 0.29) is 24.0 Å². The Morgan fingerprint density at radius 1 is 1.36 bits per heavy atom. The molecule has 25 heavy (non-hydrogen) atoms. The van der Waals surface area contributed by atoms with E-state index in [9.17, 15) is 5.11 Å². The zero-order chi connectivity index (χ0) is 17.4. The normalized spacial score (nSPS) is 13.8. The summed E-state index contributed by atoms with van der Waals surface area (Å²) in [5, 5.41) is 22.2. The number of aromatic nitrogens is 1. The van der Waals surface area contributed by atoms with Crippen LogP contribution in [0.4, 0.5) is 0 Å². The van der Waals surface area contributed by atoms with Crippen molar-refractivity contribution in [1.82, 2.24) is 15.6 Å². The predicted octanol–water partition coefficient (Wildman–Crippen LogP) is 3.39. The minimum atomic E-state index is -0.951. The summed E-state index contributed by atoms with van der Waals surface area (Å²) in [7, 11) is 0. The number of rotatable bonds is 8. The average molecular weight is 494 g/mol. The molecule has 2 rings (SSSR count). The number of halogens is 1. The van der Waals surface area contributed by atoms with Gasteiger partial charge in [-0.25, -0.2) is 9.98 Å². The lowest BCUT2D eigenvalue weighted by atomic mass is 10.00.